The number of fused-ring (bicyclic) bond motifs is 1. The predicted molar refractivity (Wildman–Crippen MR) is 89.3 cm³/mol. The van der Waals surface area contributed by atoms with E-state index >= 15 is 0 Å². The van der Waals surface area contributed by atoms with Crippen molar-refractivity contribution < 1.29 is 13.6 Å². The highest BCUT2D eigenvalue weighted by Gasteiger charge is 2.25. The van der Waals surface area contributed by atoms with Crippen molar-refractivity contribution in [3.05, 3.63) is 78.8 Å². The summed E-state index contributed by atoms with van der Waals surface area (Å²) in [4.78, 5) is 23.6. The van der Waals surface area contributed by atoms with Crippen LogP contribution in [0.2, 0.25) is 0 Å². The number of hydrogen-bond donors (Lipinski definition) is 2. The highest BCUT2D eigenvalue weighted by atomic mass is 19.1. The van der Waals surface area contributed by atoms with Crippen LogP contribution < -0.4 is 9.72 Å². The van der Waals surface area contributed by atoms with Gasteiger partial charge in [-0.25, -0.2) is 19.3 Å². The van der Waals surface area contributed by atoms with E-state index in [0.717, 1.165) is 5.56 Å². The third-order valence-corrected chi connectivity index (χ3v) is 3.77. The van der Waals surface area contributed by atoms with Gasteiger partial charge in [0, 0.05) is 6.20 Å². The van der Waals surface area contributed by atoms with Crippen LogP contribution in [0.5, 0.6) is 0 Å². The van der Waals surface area contributed by atoms with E-state index in [1.807, 2.05) is 28.8 Å². The largest absolute Gasteiger partial charge is 0.303 e. The number of nitrogens with one attached hydrogen (secondary N) is 2. The number of carbonyl (C=O) groups is 1. The monoisotopic (exact) mass is 334 g/mol. The maximum absolute atomic E-state index is 13.2. The lowest BCUT2D eigenvalue weighted by atomic mass is 10.2. The first-order valence-corrected chi connectivity index (χ1v) is 7.58. The van der Waals surface area contributed by atoms with E-state index in [4.69, 9.17) is 0 Å². The summed E-state index contributed by atoms with van der Waals surface area (Å²) in [5.41, 5.74) is 1.86. The molecule has 25 heavy (non-hydrogen) atoms. The minimum absolute atomic E-state index is 0.314. The summed E-state index contributed by atoms with van der Waals surface area (Å²) >= 11 is 0. The first-order valence-electron chi connectivity index (χ1n) is 7.58. The topological polar surface area (TPSA) is 74.8 Å². The number of nitrogens with zero attached hydrogens (tertiary/aromatic N) is 3. The predicted octanol–water partition coefficient (Wildman–Crippen LogP) is 2.60. The smallest absolute Gasteiger partial charge is 0.301 e. The van der Waals surface area contributed by atoms with Crippen LogP contribution in [0.25, 0.3) is 16.9 Å². The number of imidazole rings is 1. The van der Waals surface area contributed by atoms with Gasteiger partial charge in [-0.1, -0.05) is 6.07 Å². The fraction of sp³-hybridized carbons (Fsp3) is 0. The first-order chi connectivity index (χ1) is 12.2. The van der Waals surface area contributed by atoms with E-state index in [9.17, 15) is 9.18 Å². The first kappa shape index (κ1) is 14.9. The lowest BCUT2D eigenvalue weighted by molar-refractivity contribution is -0.498. The minimum atomic E-state index is -0.323. The maximum atomic E-state index is 13.2. The Morgan fingerprint density at radius 2 is 1.96 bits per heavy atom. The third kappa shape index (κ3) is 2.83. The molecule has 0 bridgehead atoms. The molecule has 122 valence electrons. The molecule has 0 atom stereocenters. The van der Waals surface area contributed by atoms with Crippen LogP contribution in [-0.2, 0) is 0 Å². The lowest BCUT2D eigenvalue weighted by Gasteiger charge is -1.99. The van der Waals surface area contributed by atoms with Crippen molar-refractivity contribution in [2.75, 3.05) is 5.32 Å². The van der Waals surface area contributed by atoms with Crippen molar-refractivity contribution in [1.82, 2.24) is 15.0 Å². The van der Waals surface area contributed by atoms with Crippen molar-refractivity contribution in [2.24, 2.45) is 0 Å². The van der Waals surface area contributed by atoms with Crippen molar-refractivity contribution in [1.29, 1.82) is 0 Å². The number of amides is 1. The van der Waals surface area contributed by atoms with Gasteiger partial charge in [0.25, 0.3) is 5.82 Å². The number of benzene rings is 1. The number of H-pyrrole nitrogens is 1. The van der Waals surface area contributed by atoms with Gasteiger partial charge in [-0.05, 0) is 42.5 Å². The zero-order valence-corrected chi connectivity index (χ0v) is 13.0. The average Bonchev–Trinajstić information content (AvgIpc) is 3.03. The van der Waals surface area contributed by atoms with Gasteiger partial charge in [0.15, 0.2) is 5.52 Å². The highest BCUT2D eigenvalue weighted by Crippen LogP contribution is 2.18. The van der Waals surface area contributed by atoms with Gasteiger partial charge < -0.3 is 5.32 Å². The molecule has 7 heteroatoms. The number of carbonyl (C=O) groups excluding carboxylic acids is 1. The second-order valence-electron chi connectivity index (χ2n) is 5.36. The molecule has 1 aromatic carbocycles. The summed E-state index contributed by atoms with van der Waals surface area (Å²) in [6, 6.07) is 13.2. The van der Waals surface area contributed by atoms with Crippen LogP contribution in [0.3, 0.4) is 0 Å². The summed E-state index contributed by atoms with van der Waals surface area (Å²) < 4.78 is 15.0. The average molecular weight is 334 g/mol. The minimum Gasteiger partial charge on any atom is -0.303 e. The molecule has 4 rings (SSSR count). The van der Waals surface area contributed by atoms with Gasteiger partial charge in [-0.15, -0.1) is 0 Å². The molecule has 0 unspecified atom stereocenters. The quantitative estimate of drug-likeness (QED) is 0.566. The Balaban J connectivity index is 1.79. The normalized spacial score (nSPS) is 10.8. The molecule has 0 saturated carbocycles. The molecule has 0 fully saturated rings. The van der Waals surface area contributed by atoms with E-state index in [0.29, 0.717) is 22.9 Å². The molecule has 6 nitrogen and oxygen atoms in total. The van der Waals surface area contributed by atoms with E-state index in [1.54, 1.807) is 24.4 Å². The Bertz CT molecular complexity index is 1040. The summed E-state index contributed by atoms with van der Waals surface area (Å²) in [7, 11) is 0. The molecule has 2 N–H and O–H groups in total. The van der Waals surface area contributed by atoms with Crippen LogP contribution in [0.4, 0.5) is 10.2 Å². The zero-order chi connectivity index (χ0) is 17.2. The van der Waals surface area contributed by atoms with Gasteiger partial charge in [0.05, 0.1) is 11.8 Å². The number of rotatable bonds is 3. The van der Waals surface area contributed by atoms with Crippen molar-refractivity contribution in [3.63, 3.8) is 0 Å². The Labute approximate surface area is 142 Å². The molecule has 0 saturated heterocycles. The molecular formula is C18H13FN5O+. The van der Waals surface area contributed by atoms with Crippen LogP contribution in [0, 0.1) is 5.82 Å². The molecule has 0 radical (unpaired) electrons. The number of aromatic nitrogens is 4. The number of aromatic amines is 1. The summed E-state index contributed by atoms with van der Waals surface area (Å²) in [5, 5.41) is 2.73. The van der Waals surface area contributed by atoms with E-state index in [-0.39, 0.29) is 11.7 Å². The summed E-state index contributed by atoms with van der Waals surface area (Å²) in [6.07, 6.45) is 4.75. The van der Waals surface area contributed by atoms with Crippen LogP contribution in [0.1, 0.15) is 10.5 Å². The number of hydrogen-bond acceptors (Lipinski definition) is 3. The van der Waals surface area contributed by atoms with E-state index in [2.05, 4.69) is 20.3 Å². The highest BCUT2D eigenvalue weighted by molar-refractivity contribution is 6.06. The van der Waals surface area contributed by atoms with Gasteiger partial charge in [-0.2, -0.15) is 4.40 Å². The van der Waals surface area contributed by atoms with Gasteiger partial charge in [0.1, 0.15) is 18.0 Å². The molecule has 0 aliphatic rings. The molecule has 0 aliphatic heterocycles. The Kier molecular flexibility index (Phi) is 3.66. The van der Waals surface area contributed by atoms with Gasteiger partial charge in [-0.3, -0.25) is 4.79 Å². The fourth-order valence-electron chi connectivity index (χ4n) is 2.62. The lowest BCUT2D eigenvalue weighted by Crippen LogP contribution is -2.22. The van der Waals surface area contributed by atoms with Crippen molar-refractivity contribution >= 4 is 17.2 Å². The third-order valence-electron chi connectivity index (χ3n) is 3.77. The second-order valence-corrected chi connectivity index (χ2v) is 5.36. The molecule has 3 heterocycles. The molecule has 0 aliphatic carbocycles. The van der Waals surface area contributed by atoms with Crippen molar-refractivity contribution in [3.8, 4) is 11.4 Å². The molecule has 4 aromatic rings. The fourth-order valence-corrected chi connectivity index (χ4v) is 2.62. The van der Waals surface area contributed by atoms with Crippen LogP contribution in [0.15, 0.2) is 67.3 Å². The van der Waals surface area contributed by atoms with Gasteiger partial charge in [0.2, 0.25) is 5.69 Å². The molecule has 1 amide bonds. The summed E-state index contributed by atoms with van der Waals surface area (Å²) in [5.74, 6) is 0.456. The standard InChI is InChI=1S/C18H12FN5O/c19-13-6-4-12(5-7-13)17-23-16(14-3-1-2-10-24(14)17)18(25)22-15-8-9-20-11-21-15/h1-11H,(H,20,21,22,25)/p+1. The van der Waals surface area contributed by atoms with Gasteiger partial charge >= 0.3 is 5.91 Å². The van der Waals surface area contributed by atoms with E-state index in [1.165, 1.54) is 18.5 Å². The second kappa shape index (κ2) is 6.12. The summed E-state index contributed by atoms with van der Waals surface area (Å²) in [6.45, 7) is 0. The Morgan fingerprint density at radius 3 is 2.72 bits per heavy atom. The Morgan fingerprint density at radius 1 is 1.12 bits per heavy atom. The van der Waals surface area contributed by atoms with Crippen molar-refractivity contribution in [2.45, 2.75) is 0 Å². The van der Waals surface area contributed by atoms with Crippen LogP contribution in [-0.4, -0.2) is 20.9 Å². The number of anilines is 1. The number of pyridine rings is 1. The molecular weight excluding hydrogens is 321 g/mol. The zero-order valence-electron chi connectivity index (χ0n) is 13.0. The molecule has 0 spiro atoms. The SMILES string of the molecule is O=C(Nc1ccncn1)c1[nH]c(-c2ccc(F)cc2)[n+]2ccccc12. The maximum Gasteiger partial charge on any atom is 0.301 e. The molecule has 3 aromatic heterocycles. The van der Waals surface area contributed by atoms with E-state index < -0.39 is 0 Å². The van der Waals surface area contributed by atoms with Crippen LogP contribution >= 0.6 is 0 Å². The number of halogens is 1. The Hall–Kier alpha value is -3.61.